The third-order valence-electron chi connectivity index (χ3n) is 3.47. The van der Waals surface area contributed by atoms with Crippen molar-refractivity contribution in [1.82, 2.24) is 5.32 Å². The Morgan fingerprint density at radius 3 is 2.70 bits per heavy atom. The van der Waals surface area contributed by atoms with Crippen molar-refractivity contribution >= 4 is 22.6 Å². The van der Waals surface area contributed by atoms with E-state index < -0.39 is 5.97 Å². The van der Waals surface area contributed by atoms with Crippen LogP contribution in [0.4, 0.5) is 5.88 Å². The highest BCUT2D eigenvalue weighted by molar-refractivity contribution is 6.06. The van der Waals surface area contributed by atoms with Gasteiger partial charge in [-0.2, -0.15) is 0 Å². The average Bonchev–Trinajstić information content (AvgIpc) is 2.88. The number of carbonyl (C=O) groups excluding carboxylic acids is 1. The lowest BCUT2D eigenvalue weighted by molar-refractivity contribution is 0.0494. The second kappa shape index (κ2) is 5.54. The van der Waals surface area contributed by atoms with Gasteiger partial charge in [-0.15, -0.1) is 0 Å². The Morgan fingerprint density at radius 2 is 2.00 bits per heavy atom. The predicted molar refractivity (Wildman–Crippen MR) is 77.3 cm³/mol. The van der Waals surface area contributed by atoms with Crippen LogP contribution in [0.5, 0.6) is 0 Å². The molecule has 1 aliphatic heterocycles. The van der Waals surface area contributed by atoms with Gasteiger partial charge in [0.1, 0.15) is 0 Å². The first kappa shape index (κ1) is 13.0. The lowest BCUT2D eigenvalue weighted by Gasteiger charge is -2.27. The second-order valence-electron chi connectivity index (χ2n) is 4.74. The number of ether oxygens (including phenoxy) is 1. The highest BCUT2D eigenvalue weighted by atomic mass is 16.5. The summed E-state index contributed by atoms with van der Waals surface area (Å²) in [5, 5.41) is 5.10. The standard InChI is InChI=1S/C15H18N2O3/c1-2-19-15(18)13-11-5-3-4-6-12(11)14(20-13)17-9-7-16-8-10-17/h3-6,16H,2,7-10H2,1H3. The Morgan fingerprint density at radius 1 is 1.30 bits per heavy atom. The maximum Gasteiger partial charge on any atom is 0.374 e. The van der Waals surface area contributed by atoms with E-state index in [4.69, 9.17) is 9.15 Å². The molecule has 1 fully saturated rings. The second-order valence-corrected chi connectivity index (χ2v) is 4.74. The summed E-state index contributed by atoms with van der Waals surface area (Å²) >= 11 is 0. The molecular formula is C15H18N2O3. The largest absolute Gasteiger partial charge is 0.460 e. The Bertz CT molecular complexity index is 615. The first-order valence-corrected chi connectivity index (χ1v) is 6.95. The molecule has 1 saturated heterocycles. The molecule has 1 aromatic heterocycles. The summed E-state index contributed by atoms with van der Waals surface area (Å²) in [6.45, 7) is 5.73. The minimum atomic E-state index is -0.398. The third kappa shape index (κ3) is 2.25. The van der Waals surface area contributed by atoms with Crippen LogP contribution >= 0.6 is 0 Å². The summed E-state index contributed by atoms with van der Waals surface area (Å²) in [4.78, 5) is 14.2. The average molecular weight is 274 g/mol. The summed E-state index contributed by atoms with van der Waals surface area (Å²) < 4.78 is 10.9. The monoisotopic (exact) mass is 274 g/mol. The van der Waals surface area contributed by atoms with Crippen LogP contribution in [-0.4, -0.2) is 38.8 Å². The lowest BCUT2D eigenvalue weighted by atomic mass is 10.1. The molecular weight excluding hydrogens is 256 g/mol. The van der Waals surface area contributed by atoms with Crippen LogP contribution in [0.2, 0.25) is 0 Å². The zero-order chi connectivity index (χ0) is 13.9. The van der Waals surface area contributed by atoms with Gasteiger partial charge in [0.05, 0.1) is 6.61 Å². The van der Waals surface area contributed by atoms with E-state index in [0.717, 1.165) is 42.8 Å². The van der Waals surface area contributed by atoms with E-state index in [-0.39, 0.29) is 0 Å². The number of hydrogen-bond acceptors (Lipinski definition) is 5. The van der Waals surface area contributed by atoms with E-state index in [2.05, 4.69) is 10.2 Å². The van der Waals surface area contributed by atoms with Crippen molar-refractivity contribution in [3.05, 3.63) is 30.0 Å². The molecule has 20 heavy (non-hydrogen) atoms. The fraction of sp³-hybridized carbons (Fsp3) is 0.400. The van der Waals surface area contributed by atoms with E-state index >= 15 is 0 Å². The van der Waals surface area contributed by atoms with Gasteiger partial charge in [0.2, 0.25) is 11.6 Å². The fourth-order valence-electron chi connectivity index (χ4n) is 2.53. The number of fused-ring (bicyclic) bond motifs is 1. The molecule has 5 heteroatoms. The number of nitrogens with zero attached hydrogens (tertiary/aromatic N) is 1. The number of esters is 1. The van der Waals surface area contributed by atoms with Crippen molar-refractivity contribution in [2.24, 2.45) is 0 Å². The number of benzene rings is 1. The van der Waals surface area contributed by atoms with Gasteiger partial charge in [-0.05, 0) is 13.0 Å². The number of carbonyl (C=O) groups is 1. The topological polar surface area (TPSA) is 54.7 Å². The van der Waals surface area contributed by atoms with Crippen molar-refractivity contribution in [2.45, 2.75) is 6.92 Å². The van der Waals surface area contributed by atoms with Crippen LogP contribution in [-0.2, 0) is 4.74 Å². The van der Waals surface area contributed by atoms with Crippen molar-refractivity contribution < 1.29 is 13.9 Å². The number of furan rings is 1. The summed E-state index contributed by atoms with van der Waals surface area (Å²) in [6, 6.07) is 7.75. The van der Waals surface area contributed by atoms with Crippen molar-refractivity contribution in [3.63, 3.8) is 0 Å². The molecule has 0 radical (unpaired) electrons. The molecule has 2 aromatic rings. The van der Waals surface area contributed by atoms with Crippen molar-refractivity contribution in [1.29, 1.82) is 0 Å². The minimum absolute atomic E-state index is 0.302. The smallest absolute Gasteiger partial charge is 0.374 e. The molecule has 0 unspecified atom stereocenters. The van der Waals surface area contributed by atoms with Crippen LogP contribution in [0.25, 0.3) is 10.8 Å². The summed E-state index contributed by atoms with van der Waals surface area (Å²) in [6.07, 6.45) is 0. The molecule has 0 atom stereocenters. The quantitative estimate of drug-likeness (QED) is 0.868. The van der Waals surface area contributed by atoms with Crippen LogP contribution in [0.15, 0.2) is 28.7 Å². The number of hydrogen-bond donors (Lipinski definition) is 1. The molecule has 0 aliphatic carbocycles. The Hall–Kier alpha value is -2.01. The molecule has 2 heterocycles. The predicted octanol–water partition coefficient (Wildman–Crippen LogP) is 2.02. The van der Waals surface area contributed by atoms with Crippen molar-refractivity contribution in [3.8, 4) is 0 Å². The van der Waals surface area contributed by atoms with Gasteiger partial charge in [-0.3, -0.25) is 0 Å². The molecule has 1 N–H and O–H groups in total. The van der Waals surface area contributed by atoms with Crippen LogP contribution in [0.1, 0.15) is 17.5 Å². The van der Waals surface area contributed by atoms with Gasteiger partial charge in [0, 0.05) is 37.0 Å². The number of anilines is 1. The van der Waals surface area contributed by atoms with Gasteiger partial charge in [-0.1, -0.05) is 18.2 Å². The molecule has 1 aromatic carbocycles. The van der Waals surface area contributed by atoms with Gasteiger partial charge >= 0.3 is 5.97 Å². The highest BCUT2D eigenvalue weighted by Crippen LogP contribution is 2.33. The Balaban J connectivity index is 2.05. The minimum Gasteiger partial charge on any atom is -0.460 e. The van der Waals surface area contributed by atoms with E-state index in [1.165, 1.54) is 0 Å². The van der Waals surface area contributed by atoms with Crippen molar-refractivity contribution in [2.75, 3.05) is 37.7 Å². The van der Waals surface area contributed by atoms with E-state index in [1.807, 2.05) is 24.3 Å². The molecule has 1 aliphatic rings. The van der Waals surface area contributed by atoms with Crippen LogP contribution in [0.3, 0.4) is 0 Å². The zero-order valence-electron chi connectivity index (χ0n) is 11.5. The van der Waals surface area contributed by atoms with E-state index in [1.54, 1.807) is 6.92 Å². The third-order valence-corrected chi connectivity index (χ3v) is 3.47. The summed E-state index contributed by atoms with van der Waals surface area (Å²) in [7, 11) is 0. The zero-order valence-corrected chi connectivity index (χ0v) is 11.5. The highest BCUT2D eigenvalue weighted by Gasteiger charge is 2.24. The lowest BCUT2D eigenvalue weighted by Crippen LogP contribution is -2.43. The Kier molecular flexibility index (Phi) is 3.60. The van der Waals surface area contributed by atoms with Crippen LogP contribution in [0, 0.1) is 0 Å². The van der Waals surface area contributed by atoms with Gasteiger partial charge < -0.3 is 19.4 Å². The van der Waals surface area contributed by atoms with Crippen LogP contribution < -0.4 is 10.2 Å². The van der Waals surface area contributed by atoms with Gasteiger partial charge in [0.15, 0.2) is 0 Å². The summed E-state index contributed by atoms with van der Waals surface area (Å²) in [5.74, 6) is 0.672. The molecule has 0 bridgehead atoms. The maximum atomic E-state index is 12.0. The molecule has 0 amide bonds. The Labute approximate surface area is 117 Å². The van der Waals surface area contributed by atoms with Gasteiger partial charge in [0.25, 0.3) is 0 Å². The van der Waals surface area contributed by atoms with Gasteiger partial charge in [-0.25, -0.2) is 4.79 Å². The normalized spacial score (nSPS) is 15.6. The SMILES string of the molecule is CCOC(=O)c1oc(N2CCNCC2)c2ccccc12. The molecule has 0 saturated carbocycles. The first-order chi connectivity index (χ1) is 9.81. The van der Waals surface area contributed by atoms with E-state index in [0.29, 0.717) is 12.4 Å². The number of rotatable bonds is 3. The maximum absolute atomic E-state index is 12.0. The molecule has 106 valence electrons. The number of piperazine rings is 1. The summed E-state index contributed by atoms with van der Waals surface area (Å²) in [5.41, 5.74) is 0. The first-order valence-electron chi connectivity index (χ1n) is 6.95. The fourth-order valence-corrected chi connectivity index (χ4v) is 2.53. The molecule has 0 spiro atoms. The number of nitrogens with one attached hydrogen (secondary N) is 1. The van der Waals surface area contributed by atoms with E-state index in [9.17, 15) is 4.79 Å². The molecule has 3 rings (SSSR count). The molecule has 5 nitrogen and oxygen atoms in total.